The minimum absolute atomic E-state index is 0. The minimum Gasteiger partial charge on any atom is -0.330 e. The second-order valence-corrected chi connectivity index (χ2v) is 10.5. The summed E-state index contributed by atoms with van der Waals surface area (Å²) in [4.78, 5) is 32.9. The van der Waals surface area contributed by atoms with Crippen molar-refractivity contribution in [2.45, 2.75) is 38.1 Å². The molecule has 1 aliphatic carbocycles. The molecule has 1 fully saturated rings. The highest BCUT2D eigenvalue weighted by Crippen LogP contribution is 2.32. The van der Waals surface area contributed by atoms with Crippen LogP contribution in [0.1, 0.15) is 31.2 Å². The normalized spacial score (nSPS) is 17.3. The molecule has 0 spiro atoms. The van der Waals surface area contributed by atoms with E-state index in [9.17, 15) is 9.59 Å². The van der Waals surface area contributed by atoms with Crippen LogP contribution in [0.25, 0.3) is 22.5 Å². The second-order valence-electron chi connectivity index (χ2n) is 10.1. The topological polar surface area (TPSA) is 157 Å². The van der Waals surface area contributed by atoms with Gasteiger partial charge in [0.05, 0.1) is 16.8 Å². The number of anilines is 1. The average Bonchev–Trinajstić information content (AvgIpc) is 3.53. The maximum atomic E-state index is 13.8. The van der Waals surface area contributed by atoms with Crippen molar-refractivity contribution in [1.29, 1.82) is 0 Å². The fourth-order valence-corrected chi connectivity index (χ4v) is 5.40. The van der Waals surface area contributed by atoms with Crippen molar-refractivity contribution in [1.82, 2.24) is 25.6 Å². The Bertz CT molecular complexity index is 1440. The summed E-state index contributed by atoms with van der Waals surface area (Å²) in [5.74, 6) is -0.107. The van der Waals surface area contributed by atoms with E-state index >= 15 is 0 Å². The van der Waals surface area contributed by atoms with Gasteiger partial charge >= 0.3 is 0 Å². The van der Waals surface area contributed by atoms with Crippen molar-refractivity contribution < 1.29 is 9.59 Å². The summed E-state index contributed by atoms with van der Waals surface area (Å²) in [5, 5.41) is 14.5. The first-order chi connectivity index (χ1) is 19.4. The number of benzene rings is 2. The average molecular weight is 596 g/mol. The van der Waals surface area contributed by atoms with E-state index in [0.717, 1.165) is 29.5 Å². The second kappa shape index (κ2) is 13.8. The van der Waals surface area contributed by atoms with Gasteiger partial charge in [0.15, 0.2) is 0 Å². The SMILES string of the molecule is Cl.NC[C@H]1CC[C@H](C(=O)N(C(=O)[C@@H](N)Cc2ccc(-c3ccncc3Cl)cc2)c2ccc(-c3nn[nH]n3)cc2)CC1. The maximum absolute atomic E-state index is 13.8. The lowest BCUT2D eigenvalue weighted by molar-refractivity contribution is -0.130. The number of nitrogens with one attached hydrogen (secondary N) is 1. The Hall–Kier alpha value is -3.70. The zero-order valence-corrected chi connectivity index (χ0v) is 23.9. The quantitative estimate of drug-likeness (QED) is 0.274. The number of nitrogens with two attached hydrogens (primary N) is 2. The van der Waals surface area contributed by atoms with Crippen molar-refractivity contribution in [2.24, 2.45) is 23.3 Å². The molecule has 12 heteroatoms. The summed E-state index contributed by atoms with van der Waals surface area (Å²) in [7, 11) is 0. The molecule has 214 valence electrons. The molecule has 2 aromatic carbocycles. The third kappa shape index (κ3) is 6.97. The maximum Gasteiger partial charge on any atom is 0.251 e. The van der Waals surface area contributed by atoms with Crippen LogP contribution in [0.4, 0.5) is 5.69 Å². The lowest BCUT2D eigenvalue weighted by Gasteiger charge is -2.32. The van der Waals surface area contributed by atoms with Gasteiger partial charge in [-0.25, -0.2) is 4.90 Å². The highest BCUT2D eigenvalue weighted by molar-refractivity contribution is 6.33. The van der Waals surface area contributed by atoms with Crippen molar-refractivity contribution in [3.8, 4) is 22.5 Å². The molecule has 41 heavy (non-hydrogen) atoms. The number of imide groups is 1. The Morgan fingerprint density at radius 3 is 2.29 bits per heavy atom. The molecule has 0 saturated heterocycles. The first-order valence-corrected chi connectivity index (χ1v) is 13.7. The van der Waals surface area contributed by atoms with Gasteiger partial charge in [-0.1, -0.05) is 35.9 Å². The van der Waals surface area contributed by atoms with Crippen molar-refractivity contribution in [3.63, 3.8) is 0 Å². The summed E-state index contributed by atoms with van der Waals surface area (Å²) in [6, 6.07) is 15.6. The van der Waals surface area contributed by atoms with Crippen LogP contribution in [0.15, 0.2) is 67.0 Å². The number of hydrogen-bond donors (Lipinski definition) is 3. The predicted octanol–water partition coefficient (Wildman–Crippen LogP) is 4.20. The van der Waals surface area contributed by atoms with Crippen LogP contribution in [-0.4, -0.2) is 50.0 Å². The lowest BCUT2D eigenvalue weighted by atomic mass is 9.81. The number of hydrogen-bond acceptors (Lipinski definition) is 8. The Kier molecular flexibility index (Phi) is 10.2. The Balaban J connectivity index is 0.00000387. The van der Waals surface area contributed by atoms with Gasteiger partial charge in [-0.05, 0) is 91.2 Å². The Labute approximate surface area is 249 Å². The van der Waals surface area contributed by atoms with E-state index in [1.54, 1.807) is 36.7 Å². The number of tetrazole rings is 1. The molecule has 0 radical (unpaired) electrons. The van der Waals surface area contributed by atoms with Crippen molar-refractivity contribution >= 4 is 41.5 Å². The predicted molar refractivity (Wildman–Crippen MR) is 160 cm³/mol. The zero-order chi connectivity index (χ0) is 28.1. The standard InChI is InChI=1S/C29H31ClN8O2.ClH/c30-25-17-33-14-13-24(25)20-5-1-18(2-6-20)15-26(32)29(40)38(28(39)22-7-3-19(16-31)4-8-22)23-11-9-21(10-12-23)27-34-36-37-35-27;/h1-2,5-6,9-14,17,19,22,26H,3-4,7-8,15-16,31-32H2,(H,34,35,36,37);1H/t19-,22-,26-;/m0./s1. The number of aromatic amines is 1. The third-order valence-electron chi connectivity index (χ3n) is 7.51. The van der Waals surface area contributed by atoms with Gasteiger partial charge in [-0.15, -0.1) is 22.6 Å². The monoisotopic (exact) mass is 594 g/mol. The fraction of sp³-hybridized carbons (Fsp3) is 0.310. The van der Waals surface area contributed by atoms with Gasteiger partial charge < -0.3 is 11.5 Å². The van der Waals surface area contributed by atoms with E-state index in [0.29, 0.717) is 47.4 Å². The number of carbonyl (C=O) groups is 2. The molecule has 1 aliphatic rings. The van der Waals surface area contributed by atoms with Gasteiger partial charge in [0, 0.05) is 29.4 Å². The molecule has 5 rings (SSSR count). The lowest BCUT2D eigenvalue weighted by Crippen LogP contribution is -2.50. The first-order valence-electron chi connectivity index (χ1n) is 13.3. The first kappa shape index (κ1) is 30.3. The van der Waals surface area contributed by atoms with E-state index in [-0.39, 0.29) is 30.7 Å². The number of halogens is 2. The smallest absolute Gasteiger partial charge is 0.251 e. The minimum atomic E-state index is -0.920. The number of H-pyrrole nitrogens is 1. The van der Waals surface area contributed by atoms with Gasteiger partial charge in [-0.3, -0.25) is 14.6 Å². The third-order valence-corrected chi connectivity index (χ3v) is 7.81. The van der Waals surface area contributed by atoms with E-state index < -0.39 is 11.9 Å². The summed E-state index contributed by atoms with van der Waals surface area (Å²) < 4.78 is 0. The van der Waals surface area contributed by atoms with Crippen LogP contribution in [-0.2, 0) is 16.0 Å². The Morgan fingerprint density at radius 2 is 1.68 bits per heavy atom. The van der Waals surface area contributed by atoms with Crippen LogP contribution >= 0.6 is 24.0 Å². The van der Waals surface area contributed by atoms with Crippen LogP contribution in [0.2, 0.25) is 5.02 Å². The summed E-state index contributed by atoms with van der Waals surface area (Å²) >= 11 is 6.28. The molecular weight excluding hydrogens is 563 g/mol. The van der Waals surface area contributed by atoms with E-state index in [2.05, 4.69) is 25.6 Å². The largest absolute Gasteiger partial charge is 0.330 e. The molecule has 0 unspecified atom stereocenters. The van der Waals surface area contributed by atoms with Gasteiger partial charge in [-0.2, -0.15) is 5.21 Å². The summed E-state index contributed by atoms with van der Waals surface area (Å²) in [5.41, 5.74) is 16.1. The zero-order valence-electron chi connectivity index (χ0n) is 22.3. The van der Waals surface area contributed by atoms with Crippen molar-refractivity contribution in [3.05, 3.63) is 77.6 Å². The fourth-order valence-electron chi connectivity index (χ4n) is 5.17. The number of rotatable bonds is 8. The van der Waals surface area contributed by atoms with Crippen LogP contribution in [0.5, 0.6) is 0 Å². The molecule has 0 bridgehead atoms. The molecule has 1 saturated carbocycles. The molecule has 2 heterocycles. The molecular formula is C29H32Cl2N8O2. The molecule has 1 atom stereocenters. The highest BCUT2D eigenvalue weighted by atomic mass is 35.5. The number of carbonyl (C=O) groups excluding carboxylic acids is 2. The number of amides is 2. The molecule has 0 aliphatic heterocycles. The number of pyridine rings is 1. The van der Waals surface area contributed by atoms with E-state index in [1.165, 1.54) is 4.90 Å². The summed E-state index contributed by atoms with van der Waals surface area (Å²) in [6.45, 7) is 0.609. The van der Waals surface area contributed by atoms with Crippen LogP contribution in [0.3, 0.4) is 0 Å². The summed E-state index contributed by atoms with van der Waals surface area (Å²) in [6.07, 6.45) is 6.68. The number of aromatic nitrogens is 5. The number of nitrogens with zero attached hydrogens (tertiary/aromatic N) is 5. The molecule has 4 aromatic rings. The van der Waals surface area contributed by atoms with Crippen LogP contribution < -0.4 is 16.4 Å². The van der Waals surface area contributed by atoms with Gasteiger partial charge in [0.2, 0.25) is 11.7 Å². The molecule has 5 N–H and O–H groups in total. The molecule has 10 nitrogen and oxygen atoms in total. The van der Waals surface area contributed by atoms with Crippen LogP contribution in [0, 0.1) is 11.8 Å². The molecule has 2 aromatic heterocycles. The van der Waals surface area contributed by atoms with E-state index in [4.69, 9.17) is 23.1 Å². The highest BCUT2D eigenvalue weighted by Gasteiger charge is 2.35. The van der Waals surface area contributed by atoms with Gasteiger partial charge in [0.25, 0.3) is 5.91 Å². The van der Waals surface area contributed by atoms with Gasteiger partial charge in [0.1, 0.15) is 0 Å². The van der Waals surface area contributed by atoms with Crippen molar-refractivity contribution in [2.75, 3.05) is 11.4 Å². The Morgan fingerprint density at radius 1 is 1.00 bits per heavy atom. The molecule has 2 amide bonds. The van der Waals surface area contributed by atoms with E-state index in [1.807, 2.05) is 30.3 Å².